The zero-order chi connectivity index (χ0) is 17.0. The van der Waals surface area contributed by atoms with Crippen molar-refractivity contribution < 1.29 is 17.6 Å². The number of hydrogen-bond acceptors (Lipinski definition) is 4. The number of carbonyl (C=O) groups excluding carboxylic acids is 1. The van der Waals surface area contributed by atoms with Gasteiger partial charge < -0.3 is 9.73 Å². The third kappa shape index (κ3) is 2.71. The molecule has 2 fully saturated rings. The molecule has 128 valence electrons. The summed E-state index contributed by atoms with van der Waals surface area (Å²) in [4.78, 5) is 12.5. The maximum atomic E-state index is 12.5. The van der Waals surface area contributed by atoms with Crippen molar-refractivity contribution in [1.29, 1.82) is 0 Å². The minimum absolute atomic E-state index is 0.107. The molecule has 23 heavy (non-hydrogen) atoms. The first kappa shape index (κ1) is 16.6. The molecule has 0 aliphatic heterocycles. The van der Waals surface area contributed by atoms with Crippen molar-refractivity contribution >= 4 is 15.7 Å². The summed E-state index contributed by atoms with van der Waals surface area (Å²) in [5.74, 6) is 0.704. The summed E-state index contributed by atoms with van der Waals surface area (Å²) in [6.45, 7) is 6.87. The molecule has 3 rings (SSSR count). The molecule has 2 bridgehead atoms. The summed E-state index contributed by atoms with van der Waals surface area (Å²) in [5.41, 5.74) is 0.338. The summed E-state index contributed by atoms with van der Waals surface area (Å²) in [7, 11) is -3.17. The van der Waals surface area contributed by atoms with E-state index < -0.39 is 9.84 Å². The van der Waals surface area contributed by atoms with Crippen LogP contribution in [0.15, 0.2) is 16.5 Å². The molecule has 1 aromatic rings. The van der Waals surface area contributed by atoms with Crippen LogP contribution in [0.3, 0.4) is 0 Å². The monoisotopic (exact) mass is 339 g/mol. The van der Waals surface area contributed by atoms with Gasteiger partial charge in [0.2, 0.25) is 0 Å². The molecular formula is C17H25NO4S. The van der Waals surface area contributed by atoms with Gasteiger partial charge in [-0.15, -0.1) is 0 Å². The number of rotatable bonds is 4. The number of nitrogens with one attached hydrogen (secondary N) is 1. The molecule has 1 heterocycles. The maximum absolute atomic E-state index is 12.5. The molecule has 6 heteroatoms. The third-order valence-electron chi connectivity index (χ3n) is 6.39. The van der Waals surface area contributed by atoms with Crippen LogP contribution in [-0.4, -0.2) is 26.6 Å². The Bertz CT molecular complexity index is 734. The Morgan fingerprint density at radius 2 is 2.04 bits per heavy atom. The second kappa shape index (κ2) is 5.10. The molecule has 0 aromatic carbocycles. The topological polar surface area (TPSA) is 76.4 Å². The van der Waals surface area contributed by atoms with E-state index in [0.29, 0.717) is 11.7 Å². The lowest BCUT2D eigenvalue weighted by Gasteiger charge is -2.39. The molecule has 2 aliphatic rings. The van der Waals surface area contributed by atoms with Crippen LogP contribution in [0.25, 0.3) is 0 Å². The van der Waals surface area contributed by atoms with Gasteiger partial charge in [-0.3, -0.25) is 4.79 Å². The molecule has 2 aliphatic carbocycles. The highest BCUT2D eigenvalue weighted by Gasteiger charge is 2.61. The summed E-state index contributed by atoms with van der Waals surface area (Å²) in [6.07, 6.45) is 4.52. The SMILES string of the molecule is CC1(C)[C@H]2CC[C@@]1(C)[C@H](NC(=O)c1ccc(CS(C)(=O)=O)o1)C2. The molecular weight excluding hydrogens is 314 g/mol. The Labute approximate surface area is 137 Å². The van der Waals surface area contributed by atoms with Gasteiger partial charge in [-0.2, -0.15) is 0 Å². The molecule has 0 unspecified atom stereocenters. The lowest BCUT2D eigenvalue weighted by Crippen LogP contribution is -2.46. The van der Waals surface area contributed by atoms with Gasteiger partial charge in [0.05, 0.1) is 0 Å². The van der Waals surface area contributed by atoms with E-state index in [1.165, 1.54) is 6.42 Å². The fourth-order valence-corrected chi connectivity index (χ4v) is 5.16. The third-order valence-corrected chi connectivity index (χ3v) is 7.20. The first-order chi connectivity index (χ1) is 10.5. The number of furan rings is 1. The molecule has 0 spiro atoms. The number of fused-ring (bicyclic) bond motifs is 2. The normalized spacial score (nSPS) is 32.2. The van der Waals surface area contributed by atoms with Gasteiger partial charge in [-0.05, 0) is 48.1 Å². The summed E-state index contributed by atoms with van der Waals surface area (Å²) < 4.78 is 28.0. The van der Waals surface area contributed by atoms with Gasteiger partial charge in [0, 0.05) is 12.3 Å². The fraction of sp³-hybridized carbons (Fsp3) is 0.706. The lowest BCUT2D eigenvalue weighted by atomic mass is 9.69. The van der Waals surface area contributed by atoms with Crippen LogP contribution in [0, 0.1) is 16.7 Å². The molecule has 1 N–H and O–H groups in total. The van der Waals surface area contributed by atoms with Crippen molar-refractivity contribution in [2.75, 3.05) is 6.26 Å². The van der Waals surface area contributed by atoms with Gasteiger partial charge in [0.1, 0.15) is 11.5 Å². The molecule has 0 radical (unpaired) electrons. The molecule has 1 aromatic heterocycles. The van der Waals surface area contributed by atoms with Crippen LogP contribution in [0.1, 0.15) is 56.3 Å². The number of sulfone groups is 1. The quantitative estimate of drug-likeness (QED) is 0.915. The van der Waals surface area contributed by atoms with Crippen LogP contribution in [-0.2, 0) is 15.6 Å². The van der Waals surface area contributed by atoms with Crippen molar-refractivity contribution in [3.05, 3.63) is 23.7 Å². The van der Waals surface area contributed by atoms with Crippen molar-refractivity contribution in [3.8, 4) is 0 Å². The van der Waals surface area contributed by atoms with Gasteiger partial charge >= 0.3 is 0 Å². The van der Waals surface area contributed by atoms with Crippen LogP contribution in [0.5, 0.6) is 0 Å². The largest absolute Gasteiger partial charge is 0.455 e. The summed E-state index contributed by atoms with van der Waals surface area (Å²) in [5, 5.41) is 3.12. The molecule has 5 nitrogen and oxygen atoms in total. The Kier molecular flexibility index (Phi) is 3.67. The van der Waals surface area contributed by atoms with Crippen molar-refractivity contribution in [3.63, 3.8) is 0 Å². The van der Waals surface area contributed by atoms with E-state index in [-0.39, 0.29) is 34.3 Å². The van der Waals surface area contributed by atoms with E-state index in [1.54, 1.807) is 12.1 Å². The molecule has 1 amide bonds. The lowest BCUT2D eigenvalue weighted by molar-refractivity contribution is 0.0799. The standard InChI is InChI=1S/C17H25NO4S/c1-16(2)11-7-8-17(16,3)14(9-11)18-15(19)13-6-5-12(22-13)10-23(4,20)21/h5-6,11,14H,7-10H2,1-4H3,(H,18,19)/t11-,14+,17-/m0/s1. The number of carbonyl (C=O) groups is 1. The average Bonchev–Trinajstić information content (AvgIpc) is 2.99. The van der Waals surface area contributed by atoms with E-state index in [2.05, 4.69) is 26.1 Å². The molecule has 3 atom stereocenters. The number of hydrogen-bond donors (Lipinski definition) is 1. The highest BCUT2D eigenvalue weighted by molar-refractivity contribution is 7.89. The van der Waals surface area contributed by atoms with Gasteiger partial charge in [0.15, 0.2) is 15.6 Å². The Hall–Kier alpha value is -1.30. The Morgan fingerprint density at radius 1 is 1.35 bits per heavy atom. The molecule has 0 saturated heterocycles. The van der Waals surface area contributed by atoms with E-state index in [4.69, 9.17) is 4.42 Å². The van der Waals surface area contributed by atoms with Gasteiger partial charge in [-0.25, -0.2) is 8.42 Å². The highest BCUT2D eigenvalue weighted by Crippen LogP contribution is 2.65. The average molecular weight is 339 g/mol. The predicted molar refractivity (Wildman–Crippen MR) is 87.7 cm³/mol. The first-order valence-electron chi connectivity index (χ1n) is 8.10. The van der Waals surface area contributed by atoms with Crippen molar-refractivity contribution in [2.24, 2.45) is 16.7 Å². The van der Waals surface area contributed by atoms with E-state index in [0.717, 1.165) is 19.1 Å². The maximum Gasteiger partial charge on any atom is 0.287 e. The summed E-state index contributed by atoms with van der Waals surface area (Å²) in [6, 6.07) is 3.26. The van der Waals surface area contributed by atoms with Crippen molar-refractivity contribution in [2.45, 2.75) is 51.8 Å². The van der Waals surface area contributed by atoms with Crippen LogP contribution >= 0.6 is 0 Å². The minimum Gasteiger partial charge on any atom is -0.455 e. The van der Waals surface area contributed by atoms with Crippen molar-refractivity contribution in [1.82, 2.24) is 5.32 Å². The zero-order valence-electron chi connectivity index (χ0n) is 14.2. The van der Waals surface area contributed by atoms with Crippen LogP contribution in [0.4, 0.5) is 0 Å². The summed E-state index contributed by atoms with van der Waals surface area (Å²) >= 11 is 0. The van der Waals surface area contributed by atoms with Gasteiger partial charge in [0.25, 0.3) is 5.91 Å². The molecule has 2 saturated carbocycles. The highest BCUT2D eigenvalue weighted by atomic mass is 32.2. The predicted octanol–water partition coefficient (Wildman–Crippen LogP) is 2.77. The van der Waals surface area contributed by atoms with E-state index >= 15 is 0 Å². The first-order valence-corrected chi connectivity index (χ1v) is 10.2. The van der Waals surface area contributed by atoms with Crippen LogP contribution in [0.2, 0.25) is 0 Å². The van der Waals surface area contributed by atoms with E-state index in [1.807, 2.05) is 0 Å². The number of amides is 1. The zero-order valence-corrected chi connectivity index (χ0v) is 15.0. The second-order valence-electron chi connectivity index (χ2n) is 7.97. The Morgan fingerprint density at radius 3 is 2.57 bits per heavy atom. The van der Waals surface area contributed by atoms with E-state index in [9.17, 15) is 13.2 Å². The van der Waals surface area contributed by atoms with Gasteiger partial charge in [-0.1, -0.05) is 20.8 Å². The smallest absolute Gasteiger partial charge is 0.287 e. The Balaban J connectivity index is 1.71. The van der Waals surface area contributed by atoms with Crippen LogP contribution < -0.4 is 5.32 Å². The fourth-order valence-electron chi connectivity index (χ4n) is 4.49. The second-order valence-corrected chi connectivity index (χ2v) is 10.1. The minimum atomic E-state index is -3.17.